The van der Waals surface area contributed by atoms with Gasteiger partial charge in [-0.1, -0.05) is 62.4 Å². The van der Waals surface area contributed by atoms with Gasteiger partial charge in [-0.3, -0.25) is 4.79 Å². The van der Waals surface area contributed by atoms with Gasteiger partial charge in [0, 0.05) is 6.42 Å². The van der Waals surface area contributed by atoms with E-state index >= 15 is 0 Å². The van der Waals surface area contributed by atoms with Crippen molar-refractivity contribution in [3.63, 3.8) is 0 Å². The third kappa shape index (κ3) is 6.69. The van der Waals surface area contributed by atoms with Crippen LogP contribution in [0.1, 0.15) is 91.7 Å². The molecule has 2 unspecified atom stereocenters. The molecular weight excluding hydrogens is 444 g/mol. The molecule has 7 nitrogen and oxygen atoms in total. The molecule has 1 fully saturated rings. The van der Waals surface area contributed by atoms with Crippen molar-refractivity contribution in [1.82, 2.24) is 10.3 Å². The summed E-state index contributed by atoms with van der Waals surface area (Å²) in [6, 6.07) is 14.5. The first-order chi connectivity index (χ1) is 17.0. The Bertz CT molecular complexity index is 1120. The van der Waals surface area contributed by atoms with E-state index in [4.69, 9.17) is 9.15 Å². The van der Waals surface area contributed by atoms with E-state index in [-0.39, 0.29) is 17.8 Å². The van der Waals surface area contributed by atoms with Crippen molar-refractivity contribution in [3.8, 4) is 0 Å². The van der Waals surface area contributed by atoms with Gasteiger partial charge in [-0.05, 0) is 48.9 Å². The van der Waals surface area contributed by atoms with Crippen LogP contribution in [0.15, 0.2) is 52.9 Å². The van der Waals surface area contributed by atoms with Gasteiger partial charge in [0.05, 0.1) is 18.7 Å². The minimum Gasteiger partial charge on any atom is -0.465 e. The second-order valence-corrected chi connectivity index (χ2v) is 9.39. The summed E-state index contributed by atoms with van der Waals surface area (Å²) in [5.41, 5.74) is 2.34. The molecule has 0 saturated heterocycles. The van der Waals surface area contributed by atoms with E-state index in [9.17, 15) is 14.7 Å². The molecule has 186 valence electrons. The number of esters is 1. The smallest absolute Gasteiger partial charge is 0.337 e. The van der Waals surface area contributed by atoms with Gasteiger partial charge in [0.2, 0.25) is 11.8 Å². The molecule has 0 bridgehead atoms. The van der Waals surface area contributed by atoms with Crippen LogP contribution in [0.2, 0.25) is 0 Å². The van der Waals surface area contributed by atoms with Crippen molar-refractivity contribution in [2.45, 2.75) is 69.9 Å². The third-order valence-electron chi connectivity index (χ3n) is 6.88. The lowest BCUT2D eigenvalue weighted by Gasteiger charge is -2.23. The van der Waals surface area contributed by atoms with Gasteiger partial charge in [0.15, 0.2) is 5.58 Å². The normalized spacial score (nSPS) is 16.1. The van der Waals surface area contributed by atoms with Gasteiger partial charge in [0.1, 0.15) is 11.6 Å². The Hall–Kier alpha value is -3.19. The minimum atomic E-state index is -0.936. The van der Waals surface area contributed by atoms with E-state index in [1.54, 1.807) is 18.2 Å². The van der Waals surface area contributed by atoms with Crippen molar-refractivity contribution in [3.05, 3.63) is 65.5 Å². The number of aliphatic hydroxyl groups is 1. The lowest BCUT2D eigenvalue weighted by Crippen LogP contribution is -2.29. The minimum absolute atomic E-state index is 0.0520. The fourth-order valence-electron chi connectivity index (χ4n) is 4.86. The molecule has 0 spiro atoms. The van der Waals surface area contributed by atoms with Crippen LogP contribution in [0, 0.1) is 5.92 Å². The van der Waals surface area contributed by atoms with Crippen molar-refractivity contribution < 1.29 is 23.8 Å². The van der Waals surface area contributed by atoms with E-state index in [1.807, 2.05) is 30.3 Å². The number of fused-ring (bicyclic) bond motifs is 1. The van der Waals surface area contributed by atoms with Gasteiger partial charge in [-0.25, -0.2) is 9.78 Å². The highest BCUT2D eigenvalue weighted by molar-refractivity contribution is 5.93. The number of carbonyl (C=O) groups is 2. The summed E-state index contributed by atoms with van der Waals surface area (Å²) in [4.78, 5) is 28.9. The van der Waals surface area contributed by atoms with Crippen molar-refractivity contribution in [2.24, 2.45) is 5.92 Å². The van der Waals surface area contributed by atoms with Gasteiger partial charge in [-0.2, -0.15) is 0 Å². The van der Waals surface area contributed by atoms with Crippen molar-refractivity contribution in [2.75, 3.05) is 7.11 Å². The number of rotatable bonds is 10. The number of benzene rings is 2. The number of methoxy groups -OCH3 is 1. The molecule has 35 heavy (non-hydrogen) atoms. The summed E-state index contributed by atoms with van der Waals surface area (Å²) in [6.07, 6.45) is 7.75. The zero-order valence-corrected chi connectivity index (χ0v) is 20.2. The summed E-state index contributed by atoms with van der Waals surface area (Å²) in [5, 5.41) is 14.0. The third-order valence-corrected chi connectivity index (χ3v) is 6.88. The fraction of sp³-hybridized carbons (Fsp3) is 0.464. The summed E-state index contributed by atoms with van der Waals surface area (Å²) in [6.45, 7) is 0. The molecule has 4 rings (SSSR count). The number of nitrogens with one attached hydrogen (secondary N) is 1. The van der Waals surface area contributed by atoms with Crippen LogP contribution >= 0.6 is 0 Å². The second-order valence-electron chi connectivity index (χ2n) is 9.39. The topological polar surface area (TPSA) is 102 Å². The molecule has 2 aromatic carbocycles. The van der Waals surface area contributed by atoms with E-state index in [0.717, 1.165) is 12.0 Å². The largest absolute Gasteiger partial charge is 0.465 e. The van der Waals surface area contributed by atoms with E-state index in [1.165, 1.54) is 39.2 Å². The second kappa shape index (κ2) is 12.0. The number of carbonyl (C=O) groups excluding carboxylic acids is 2. The number of amides is 1. The molecule has 1 aromatic heterocycles. The Morgan fingerprint density at radius 1 is 1.11 bits per heavy atom. The summed E-state index contributed by atoms with van der Waals surface area (Å²) >= 11 is 0. The number of hydrogen-bond acceptors (Lipinski definition) is 6. The van der Waals surface area contributed by atoms with E-state index < -0.39 is 12.1 Å². The average molecular weight is 479 g/mol. The molecule has 2 N–H and O–H groups in total. The van der Waals surface area contributed by atoms with E-state index in [2.05, 4.69) is 10.3 Å². The summed E-state index contributed by atoms with van der Waals surface area (Å²) < 4.78 is 10.5. The fourth-order valence-corrected chi connectivity index (χ4v) is 4.86. The molecule has 1 amide bonds. The van der Waals surface area contributed by atoms with Crippen LogP contribution in [0.25, 0.3) is 11.1 Å². The van der Waals surface area contributed by atoms with Crippen LogP contribution in [-0.2, 0) is 9.53 Å². The molecule has 7 heteroatoms. The highest BCUT2D eigenvalue weighted by Gasteiger charge is 2.22. The number of oxazole rings is 1. The van der Waals surface area contributed by atoms with Crippen LogP contribution in [-0.4, -0.2) is 29.1 Å². The highest BCUT2D eigenvalue weighted by atomic mass is 16.5. The summed E-state index contributed by atoms with van der Waals surface area (Å²) in [7, 11) is 1.32. The SMILES string of the molecule is COC(=O)c1ccc2nc(C(O)CCC(NC(=O)CCC3CCCCC3)c3ccccc3)oc2c1. The van der Waals surface area contributed by atoms with Gasteiger partial charge in [-0.15, -0.1) is 0 Å². The Morgan fingerprint density at radius 2 is 1.89 bits per heavy atom. The van der Waals surface area contributed by atoms with Crippen LogP contribution in [0.5, 0.6) is 0 Å². The predicted octanol–water partition coefficient (Wildman–Crippen LogP) is 5.65. The Balaban J connectivity index is 1.38. The molecule has 1 heterocycles. The zero-order valence-electron chi connectivity index (χ0n) is 20.2. The molecular formula is C28H34N2O5. The Labute approximate surface area is 205 Å². The maximum atomic E-state index is 12.8. The first-order valence-electron chi connectivity index (χ1n) is 12.5. The number of nitrogens with zero attached hydrogens (tertiary/aromatic N) is 1. The zero-order chi connectivity index (χ0) is 24.6. The predicted molar refractivity (Wildman–Crippen MR) is 133 cm³/mol. The molecule has 0 aliphatic heterocycles. The lowest BCUT2D eigenvalue weighted by atomic mass is 9.86. The molecule has 1 aliphatic carbocycles. The van der Waals surface area contributed by atoms with Crippen molar-refractivity contribution in [1.29, 1.82) is 0 Å². The van der Waals surface area contributed by atoms with Crippen LogP contribution < -0.4 is 5.32 Å². The number of aromatic nitrogens is 1. The Kier molecular flexibility index (Phi) is 8.53. The molecule has 1 aliphatic rings. The van der Waals surface area contributed by atoms with Gasteiger partial charge < -0.3 is 19.6 Å². The average Bonchev–Trinajstić information content (AvgIpc) is 3.34. The van der Waals surface area contributed by atoms with Crippen LogP contribution in [0.4, 0.5) is 0 Å². The monoisotopic (exact) mass is 478 g/mol. The molecule has 0 radical (unpaired) electrons. The summed E-state index contributed by atoms with van der Waals surface area (Å²) in [5.74, 6) is 0.439. The molecule has 2 atom stereocenters. The number of aliphatic hydroxyl groups excluding tert-OH is 1. The van der Waals surface area contributed by atoms with Gasteiger partial charge >= 0.3 is 5.97 Å². The maximum absolute atomic E-state index is 12.8. The number of ether oxygens (including phenoxy) is 1. The lowest BCUT2D eigenvalue weighted by molar-refractivity contribution is -0.122. The Morgan fingerprint density at radius 3 is 2.63 bits per heavy atom. The quantitative estimate of drug-likeness (QED) is 0.365. The highest BCUT2D eigenvalue weighted by Crippen LogP contribution is 2.29. The van der Waals surface area contributed by atoms with E-state index in [0.29, 0.717) is 41.8 Å². The molecule has 1 saturated carbocycles. The van der Waals surface area contributed by atoms with Crippen molar-refractivity contribution >= 4 is 23.0 Å². The standard InChI is InChI=1S/C28H34N2O5/c1-34-28(33)21-13-14-23-25(18-21)35-27(30-23)24(31)16-15-22(20-10-6-3-7-11-20)29-26(32)17-12-19-8-4-2-5-9-19/h3,6-7,10-11,13-14,18-19,22,24,31H,2,4-5,8-9,12,15-17H2,1H3,(H,29,32). The number of hydrogen-bond donors (Lipinski definition) is 2. The first-order valence-corrected chi connectivity index (χ1v) is 12.5. The van der Waals surface area contributed by atoms with Gasteiger partial charge in [0.25, 0.3) is 0 Å². The first kappa shape index (κ1) is 24.9. The molecule has 3 aromatic rings. The maximum Gasteiger partial charge on any atom is 0.337 e. The van der Waals surface area contributed by atoms with Crippen LogP contribution in [0.3, 0.4) is 0 Å².